The van der Waals surface area contributed by atoms with Gasteiger partial charge in [0, 0.05) is 4.90 Å². The summed E-state index contributed by atoms with van der Waals surface area (Å²) in [4.78, 5) is 19.6. The SMILES string of the molecule is COc1ccc(SCC(=O)OC2CN(c3nc4ccc(F)cc4s3)C2)cc1. The lowest BCUT2D eigenvalue weighted by Gasteiger charge is -2.38. The van der Waals surface area contributed by atoms with Crippen molar-refractivity contribution in [2.24, 2.45) is 0 Å². The zero-order valence-electron chi connectivity index (χ0n) is 14.6. The van der Waals surface area contributed by atoms with Crippen LogP contribution >= 0.6 is 23.1 Å². The van der Waals surface area contributed by atoms with Crippen molar-refractivity contribution in [3.63, 3.8) is 0 Å². The molecule has 5 nitrogen and oxygen atoms in total. The van der Waals surface area contributed by atoms with E-state index in [4.69, 9.17) is 9.47 Å². The maximum absolute atomic E-state index is 13.3. The van der Waals surface area contributed by atoms with Gasteiger partial charge in [0.2, 0.25) is 0 Å². The molecule has 3 aromatic rings. The maximum Gasteiger partial charge on any atom is 0.316 e. The van der Waals surface area contributed by atoms with E-state index in [2.05, 4.69) is 4.98 Å². The van der Waals surface area contributed by atoms with Gasteiger partial charge in [-0.15, -0.1) is 11.8 Å². The lowest BCUT2D eigenvalue weighted by molar-refractivity contribution is -0.146. The molecule has 0 aliphatic carbocycles. The number of rotatable bonds is 6. The first-order valence-electron chi connectivity index (χ1n) is 8.38. The van der Waals surface area contributed by atoms with E-state index in [1.807, 2.05) is 29.2 Å². The Morgan fingerprint density at radius 1 is 1.30 bits per heavy atom. The van der Waals surface area contributed by atoms with E-state index in [1.54, 1.807) is 13.2 Å². The van der Waals surface area contributed by atoms with Gasteiger partial charge in [-0.05, 0) is 42.5 Å². The molecule has 27 heavy (non-hydrogen) atoms. The molecular weight excluding hydrogens is 387 g/mol. The highest BCUT2D eigenvalue weighted by molar-refractivity contribution is 8.00. The summed E-state index contributed by atoms with van der Waals surface area (Å²) in [6.07, 6.45) is -0.127. The van der Waals surface area contributed by atoms with E-state index in [0.29, 0.717) is 13.1 Å². The number of aromatic nitrogens is 1. The van der Waals surface area contributed by atoms with E-state index in [-0.39, 0.29) is 23.6 Å². The first kappa shape index (κ1) is 18.1. The molecule has 4 rings (SSSR count). The van der Waals surface area contributed by atoms with Gasteiger partial charge in [0.15, 0.2) is 5.13 Å². The summed E-state index contributed by atoms with van der Waals surface area (Å²) in [7, 11) is 1.62. The van der Waals surface area contributed by atoms with Crippen LogP contribution in [-0.4, -0.2) is 43.0 Å². The summed E-state index contributed by atoms with van der Waals surface area (Å²) >= 11 is 2.88. The highest BCUT2D eigenvalue weighted by Crippen LogP contribution is 2.32. The fourth-order valence-electron chi connectivity index (χ4n) is 2.72. The Hall–Kier alpha value is -2.32. The van der Waals surface area contributed by atoms with Crippen molar-refractivity contribution >= 4 is 44.4 Å². The Kier molecular flexibility index (Phi) is 5.18. The fraction of sp³-hybridized carbons (Fsp3) is 0.263. The number of anilines is 1. The summed E-state index contributed by atoms with van der Waals surface area (Å²) in [5.74, 6) is 0.562. The minimum absolute atomic E-state index is 0.127. The van der Waals surface area contributed by atoms with Crippen molar-refractivity contribution in [3.8, 4) is 5.75 Å². The third kappa shape index (κ3) is 4.17. The molecular formula is C19H17FN2O3S2. The summed E-state index contributed by atoms with van der Waals surface area (Å²) in [5, 5.41) is 0.829. The monoisotopic (exact) mass is 404 g/mol. The second-order valence-corrected chi connectivity index (χ2v) is 8.15. The van der Waals surface area contributed by atoms with Crippen LogP contribution in [0.3, 0.4) is 0 Å². The number of hydrogen-bond acceptors (Lipinski definition) is 7. The van der Waals surface area contributed by atoms with Gasteiger partial charge in [-0.2, -0.15) is 0 Å². The van der Waals surface area contributed by atoms with Gasteiger partial charge in [0.25, 0.3) is 0 Å². The van der Waals surface area contributed by atoms with Gasteiger partial charge < -0.3 is 14.4 Å². The largest absolute Gasteiger partial charge is 0.497 e. The molecule has 1 aliphatic heterocycles. The normalized spacial score (nSPS) is 14.2. The number of methoxy groups -OCH3 is 1. The van der Waals surface area contributed by atoms with Crippen molar-refractivity contribution in [2.75, 3.05) is 30.9 Å². The van der Waals surface area contributed by atoms with Crippen LogP contribution in [0.5, 0.6) is 5.75 Å². The van der Waals surface area contributed by atoms with Crippen molar-refractivity contribution in [3.05, 3.63) is 48.3 Å². The second kappa shape index (κ2) is 7.74. The smallest absolute Gasteiger partial charge is 0.316 e. The zero-order chi connectivity index (χ0) is 18.8. The number of hydrogen-bond donors (Lipinski definition) is 0. The van der Waals surface area contributed by atoms with E-state index >= 15 is 0 Å². The maximum atomic E-state index is 13.3. The average Bonchev–Trinajstić information content (AvgIpc) is 3.05. The Balaban J connectivity index is 1.24. The number of nitrogens with zero attached hydrogens (tertiary/aromatic N) is 2. The van der Waals surface area contributed by atoms with Gasteiger partial charge in [-0.1, -0.05) is 11.3 Å². The van der Waals surface area contributed by atoms with Gasteiger partial charge in [-0.3, -0.25) is 4.79 Å². The highest BCUT2D eigenvalue weighted by Gasteiger charge is 2.32. The van der Waals surface area contributed by atoms with Crippen molar-refractivity contribution < 1.29 is 18.7 Å². The number of carbonyl (C=O) groups excluding carboxylic acids is 1. The standard InChI is InChI=1S/C19H17FN2O3S2/c1-24-13-3-5-15(6-4-13)26-11-18(23)25-14-9-22(10-14)19-21-16-7-2-12(20)8-17(16)27-19/h2-8,14H,9-11H2,1H3. The highest BCUT2D eigenvalue weighted by atomic mass is 32.2. The molecule has 1 saturated heterocycles. The lowest BCUT2D eigenvalue weighted by atomic mass is 10.2. The molecule has 0 radical (unpaired) electrons. The van der Waals surface area contributed by atoms with Crippen LogP contribution in [0.25, 0.3) is 10.2 Å². The molecule has 0 atom stereocenters. The molecule has 0 N–H and O–H groups in total. The van der Waals surface area contributed by atoms with Crippen LogP contribution < -0.4 is 9.64 Å². The lowest BCUT2D eigenvalue weighted by Crippen LogP contribution is -2.53. The quantitative estimate of drug-likeness (QED) is 0.458. The Morgan fingerprint density at radius 2 is 2.07 bits per heavy atom. The minimum Gasteiger partial charge on any atom is -0.497 e. The van der Waals surface area contributed by atoms with Gasteiger partial charge in [0.05, 0.1) is 36.2 Å². The molecule has 1 aromatic heterocycles. The second-order valence-electron chi connectivity index (χ2n) is 6.09. The third-order valence-electron chi connectivity index (χ3n) is 4.17. The molecule has 1 fully saturated rings. The first-order valence-corrected chi connectivity index (χ1v) is 10.2. The van der Waals surface area contributed by atoms with Crippen molar-refractivity contribution in [1.29, 1.82) is 0 Å². The third-order valence-corrected chi connectivity index (χ3v) is 6.24. The zero-order valence-corrected chi connectivity index (χ0v) is 16.2. The average molecular weight is 404 g/mol. The summed E-state index contributed by atoms with van der Waals surface area (Å²) in [5.41, 5.74) is 0.785. The van der Waals surface area contributed by atoms with Crippen LogP contribution in [-0.2, 0) is 9.53 Å². The van der Waals surface area contributed by atoms with E-state index in [0.717, 1.165) is 26.0 Å². The summed E-state index contributed by atoms with van der Waals surface area (Å²) < 4.78 is 24.7. The Morgan fingerprint density at radius 3 is 2.81 bits per heavy atom. The molecule has 0 bridgehead atoms. The van der Waals surface area contributed by atoms with Crippen LogP contribution in [0.1, 0.15) is 0 Å². The van der Waals surface area contributed by atoms with E-state index in [1.165, 1.54) is 35.2 Å². The first-order chi connectivity index (χ1) is 13.1. The van der Waals surface area contributed by atoms with E-state index < -0.39 is 0 Å². The van der Waals surface area contributed by atoms with Crippen LogP contribution in [0.2, 0.25) is 0 Å². The molecule has 2 aromatic carbocycles. The number of thioether (sulfide) groups is 1. The number of carbonyl (C=O) groups is 1. The van der Waals surface area contributed by atoms with Gasteiger partial charge in [0.1, 0.15) is 17.7 Å². The topological polar surface area (TPSA) is 51.7 Å². The Labute approximate surface area is 164 Å². The predicted molar refractivity (Wildman–Crippen MR) is 105 cm³/mol. The molecule has 2 heterocycles. The number of fused-ring (bicyclic) bond motifs is 1. The molecule has 140 valence electrons. The number of halogens is 1. The minimum atomic E-state index is -0.262. The summed E-state index contributed by atoms with van der Waals surface area (Å²) in [6.45, 7) is 1.22. The molecule has 1 aliphatic rings. The molecule has 0 unspecified atom stereocenters. The van der Waals surface area contributed by atoms with Crippen molar-refractivity contribution in [1.82, 2.24) is 4.98 Å². The predicted octanol–water partition coefficient (Wildman–Crippen LogP) is 3.97. The van der Waals surface area contributed by atoms with Gasteiger partial charge in [-0.25, -0.2) is 9.37 Å². The van der Waals surface area contributed by atoms with Crippen LogP contribution in [0, 0.1) is 5.82 Å². The van der Waals surface area contributed by atoms with Crippen molar-refractivity contribution in [2.45, 2.75) is 11.0 Å². The number of ether oxygens (including phenoxy) is 2. The fourth-order valence-corrected chi connectivity index (χ4v) is 4.41. The van der Waals surface area contributed by atoms with E-state index in [9.17, 15) is 9.18 Å². The molecule has 8 heteroatoms. The number of thiazole rings is 1. The number of benzene rings is 2. The van der Waals surface area contributed by atoms with Crippen LogP contribution in [0.4, 0.5) is 9.52 Å². The molecule has 0 amide bonds. The Bertz CT molecular complexity index is 955. The molecule has 0 saturated carbocycles. The molecule has 0 spiro atoms. The van der Waals surface area contributed by atoms with Crippen LogP contribution in [0.15, 0.2) is 47.4 Å². The number of esters is 1. The summed E-state index contributed by atoms with van der Waals surface area (Å²) in [6, 6.07) is 12.1. The van der Waals surface area contributed by atoms with Gasteiger partial charge >= 0.3 is 5.97 Å².